The largest absolute Gasteiger partial charge is 0.376 e. The van der Waals surface area contributed by atoms with E-state index in [4.69, 9.17) is 4.74 Å². The summed E-state index contributed by atoms with van der Waals surface area (Å²) < 4.78 is 5.83. The Labute approximate surface area is 163 Å². The molecule has 0 aromatic rings. The van der Waals surface area contributed by atoms with Gasteiger partial charge in [0, 0.05) is 45.4 Å². The fourth-order valence-corrected chi connectivity index (χ4v) is 4.55. The minimum Gasteiger partial charge on any atom is -0.376 e. The van der Waals surface area contributed by atoms with Gasteiger partial charge in [-0.25, -0.2) is 4.99 Å². The molecule has 3 saturated heterocycles. The first-order valence-electron chi connectivity index (χ1n) is 10.6. The Kier molecular flexibility index (Phi) is 7.35. The highest BCUT2D eigenvalue weighted by atomic mass is 16.5. The molecule has 3 rings (SSSR count). The van der Waals surface area contributed by atoms with Crippen molar-refractivity contribution in [3.8, 4) is 0 Å². The van der Waals surface area contributed by atoms with Crippen LogP contribution < -0.4 is 10.6 Å². The topological polar surface area (TPSA) is 69.2 Å². The average Bonchev–Trinajstić information content (AvgIpc) is 2.65. The lowest BCUT2D eigenvalue weighted by atomic mass is 9.82. The van der Waals surface area contributed by atoms with Crippen LogP contribution in [0.25, 0.3) is 0 Å². The highest BCUT2D eigenvalue weighted by Crippen LogP contribution is 2.32. The number of carbonyl (C=O) groups is 1. The van der Waals surface area contributed by atoms with Gasteiger partial charge in [0.1, 0.15) is 6.54 Å². The van der Waals surface area contributed by atoms with Gasteiger partial charge in [0.15, 0.2) is 5.96 Å². The molecule has 0 aromatic carbocycles. The molecule has 0 aromatic heterocycles. The standard InChI is InChI=1S/C20H37N5O2/c1-24(2)19(26)14-22-20(21-13-18-9-4-5-10-27-18)23-15-11-16-7-6-8-17(12-15)25(16)3/h15-18H,4-14H2,1-3H3,(H2,21,22,23). The van der Waals surface area contributed by atoms with Gasteiger partial charge < -0.3 is 25.2 Å². The summed E-state index contributed by atoms with van der Waals surface area (Å²) in [6.45, 7) is 1.78. The summed E-state index contributed by atoms with van der Waals surface area (Å²) in [7, 11) is 5.81. The third-order valence-electron chi connectivity index (χ3n) is 6.32. The summed E-state index contributed by atoms with van der Waals surface area (Å²) in [5.41, 5.74) is 0. The maximum absolute atomic E-state index is 12.0. The lowest BCUT2D eigenvalue weighted by Gasteiger charge is -2.47. The van der Waals surface area contributed by atoms with Crippen molar-refractivity contribution in [3.63, 3.8) is 0 Å². The van der Waals surface area contributed by atoms with Crippen LogP contribution in [0.15, 0.2) is 4.99 Å². The maximum atomic E-state index is 12.0. The van der Waals surface area contributed by atoms with Crippen LogP contribution in [-0.2, 0) is 9.53 Å². The van der Waals surface area contributed by atoms with Gasteiger partial charge in [-0.1, -0.05) is 6.42 Å². The van der Waals surface area contributed by atoms with Crippen molar-refractivity contribution in [3.05, 3.63) is 0 Å². The Morgan fingerprint density at radius 3 is 2.52 bits per heavy atom. The van der Waals surface area contributed by atoms with Gasteiger partial charge in [0.25, 0.3) is 0 Å². The van der Waals surface area contributed by atoms with Crippen LogP contribution in [0.1, 0.15) is 51.4 Å². The molecule has 27 heavy (non-hydrogen) atoms. The summed E-state index contributed by atoms with van der Waals surface area (Å²) in [4.78, 5) is 20.7. The molecule has 7 heteroatoms. The zero-order valence-electron chi connectivity index (χ0n) is 17.2. The molecule has 0 aliphatic carbocycles. The molecule has 3 unspecified atom stereocenters. The normalized spacial score (nSPS) is 32.0. The molecule has 7 nitrogen and oxygen atoms in total. The van der Waals surface area contributed by atoms with E-state index in [2.05, 4.69) is 27.6 Å². The molecule has 2 bridgehead atoms. The molecule has 3 aliphatic rings. The van der Waals surface area contributed by atoms with Gasteiger partial charge >= 0.3 is 0 Å². The van der Waals surface area contributed by atoms with Crippen LogP contribution in [0.2, 0.25) is 0 Å². The predicted molar refractivity (Wildman–Crippen MR) is 108 cm³/mol. The summed E-state index contributed by atoms with van der Waals surface area (Å²) in [5, 5.41) is 7.06. The molecule has 0 radical (unpaired) electrons. The van der Waals surface area contributed by atoms with Crippen molar-refractivity contribution in [1.82, 2.24) is 20.4 Å². The number of rotatable bonds is 5. The Morgan fingerprint density at radius 1 is 1.15 bits per heavy atom. The van der Waals surface area contributed by atoms with E-state index in [1.807, 2.05) is 0 Å². The molecule has 2 N–H and O–H groups in total. The average molecular weight is 380 g/mol. The second-order valence-corrected chi connectivity index (χ2v) is 8.54. The van der Waals surface area contributed by atoms with Crippen molar-refractivity contribution in [2.45, 2.75) is 75.6 Å². The van der Waals surface area contributed by atoms with Gasteiger partial charge in [-0.15, -0.1) is 0 Å². The second-order valence-electron chi connectivity index (χ2n) is 8.54. The van der Waals surface area contributed by atoms with Crippen molar-refractivity contribution >= 4 is 11.9 Å². The van der Waals surface area contributed by atoms with E-state index in [0.29, 0.717) is 18.1 Å². The number of carbonyl (C=O) groups excluding carboxylic acids is 1. The summed E-state index contributed by atoms with van der Waals surface area (Å²) >= 11 is 0. The number of nitrogens with zero attached hydrogens (tertiary/aromatic N) is 3. The van der Waals surface area contributed by atoms with Crippen LogP contribution in [-0.4, -0.2) is 86.7 Å². The fourth-order valence-electron chi connectivity index (χ4n) is 4.55. The Bertz CT molecular complexity index is 505. The zero-order valence-corrected chi connectivity index (χ0v) is 17.2. The Hall–Kier alpha value is -1.34. The molecule has 1 amide bonds. The zero-order chi connectivity index (χ0) is 19.2. The number of nitrogens with one attached hydrogen (secondary N) is 2. The number of fused-ring (bicyclic) bond motifs is 2. The molecular weight excluding hydrogens is 342 g/mol. The van der Waals surface area contributed by atoms with Gasteiger partial charge in [-0.3, -0.25) is 4.79 Å². The number of aliphatic imine (C=N–C) groups is 1. The van der Waals surface area contributed by atoms with Crippen molar-refractivity contribution in [1.29, 1.82) is 0 Å². The first kappa shape index (κ1) is 20.4. The van der Waals surface area contributed by atoms with Crippen LogP contribution in [0, 0.1) is 0 Å². The fraction of sp³-hybridized carbons (Fsp3) is 0.900. The monoisotopic (exact) mass is 379 g/mol. The highest BCUT2D eigenvalue weighted by Gasteiger charge is 2.36. The number of amides is 1. The predicted octanol–water partition coefficient (Wildman–Crippen LogP) is 1.19. The van der Waals surface area contributed by atoms with E-state index in [9.17, 15) is 4.79 Å². The van der Waals surface area contributed by atoms with E-state index in [1.54, 1.807) is 19.0 Å². The van der Waals surface area contributed by atoms with Crippen LogP contribution in [0.5, 0.6) is 0 Å². The van der Waals surface area contributed by atoms with E-state index in [0.717, 1.165) is 44.8 Å². The first-order chi connectivity index (χ1) is 13.0. The minimum atomic E-state index is 0.0188. The summed E-state index contributed by atoms with van der Waals surface area (Å²) in [6.07, 6.45) is 9.95. The number of piperidine rings is 2. The first-order valence-corrected chi connectivity index (χ1v) is 10.6. The number of hydrogen-bond donors (Lipinski definition) is 2. The third-order valence-corrected chi connectivity index (χ3v) is 6.32. The van der Waals surface area contributed by atoms with Gasteiger partial charge in [-0.05, 0) is 52.0 Å². The van der Waals surface area contributed by atoms with Crippen molar-refractivity contribution in [2.24, 2.45) is 4.99 Å². The summed E-state index contributed by atoms with van der Waals surface area (Å²) in [5.74, 6) is 0.775. The number of guanidine groups is 1. The molecule has 3 atom stereocenters. The van der Waals surface area contributed by atoms with Crippen LogP contribution in [0.3, 0.4) is 0 Å². The SMILES string of the molecule is CN(C)C(=O)CN=C(NCC1CCCCO1)NC1CC2CCCC(C1)N2C. The molecular formula is C20H37N5O2. The lowest BCUT2D eigenvalue weighted by molar-refractivity contribution is -0.127. The quantitative estimate of drug-likeness (QED) is 0.555. The molecule has 3 fully saturated rings. The van der Waals surface area contributed by atoms with E-state index < -0.39 is 0 Å². The van der Waals surface area contributed by atoms with Crippen LogP contribution in [0.4, 0.5) is 0 Å². The molecule has 154 valence electrons. The molecule has 3 heterocycles. The highest BCUT2D eigenvalue weighted by molar-refractivity contribution is 5.85. The lowest BCUT2D eigenvalue weighted by Crippen LogP contribution is -2.57. The number of hydrogen-bond acceptors (Lipinski definition) is 4. The molecule has 0 spiro atoms. The smallest absolute Gasteiger partial charge is 0.243 e. The van der Waals surface area contributed by atoms with Crippen LogP contribution >= 0.6 is 0 Å². The van der Waals surface area contributed by atoms with E-state index >= 15 is 0 Å². The molecule has 0 saturated carbocycles. The molecule has 3 aliphatic heterocycles. The van der Waals surface area contributed by atoms with Crippen molar-refractivity contribution < 1.29 is 9.53 Å². The second kappa shape index (κ2) is 9.73. The number of ether oxygens (including phenoxy) is 1. The van der Waals surface area contributed by atoms with E-state index in [-0.39, 0.29) is 18.6 Å². The van der Waals surface area contributed by atoms with E-state index in [1.165, 1.54) is 25.7 Å². The number of likely N-dealkylation sites (N-methyl/N-ethyl adjacent to an activating group) is 1. The Morgan fingerprint density at radius 2 is 1.89 bits per heavy atom. The summed E-state index contributed by atoms with van der Waals surface area (Å²) in [6, 6.07) is 1.76. The minimum absolute atomic E-state index is 0.0188. The van der Waals surface area contributed by atoms with Crippen molar-refractivity contribution in [2.75, 3.05) is 40.8 Å². The maximum Gasteiger partial charge on any atom is 0.243 e. The van der Waals surface area contributed by atoms with Gasteiger partial charge in [0.2, 0.25) is 5.91 Å². The third kappa shape index (κ3) is 5.82. The van der Waals surface area contributed by atoms with Gasteiger partial charge in [-0.2, -0.15) is 0 Å². The Balaban J connectivity index is 1.58. The van der Waals surface area contributed by atoms with Gasteiger partial charge in [0.05, 0.1) is 6.10 Å².